The van der Waals surface area contributed by atoms with Gasteiger partial charge in [-0.15, -0.1) is 0 Å². The fourth-order valence-corrected chi connectivity index (χ4v) is 3.39. The SMILES string of the molecule is CCCCCCCCCCCCCCCCCCCC[N+](C)(C)[O-].O.O. The summed E-state index contributed by atoms with van der Waals surface area (Å²) in [6, 6.07) is 0. The average Bonchev–Trinajstić information content (AvgIpc) is 2.52. The molecule has 0 fully saturated rings. The van der Waals surface area contributed by atoms with Crippen molar-refractivity contribution >= 4 is 0 Å². The molecule has 0 aromatic heterocycles. The molecule has 4 nitrogen and oxygen atoms in total. The van der Waals surface area contributed by atoms with E-state index < -0.39 is 0 Å². The van der Waals surface area contributed by atoms with Gasteiger partial charge < -0.3 is 20.8 Å². The molecule has 0 aromatic rings. The van der Waals surface area contributed by atoms with Gasteiger partial charge in [0.25, 0.3) is 0 Å². The van der Waals surface area contributed by atoms with Gasteiger partial charge in [0.1, 0.15) is 0 Å². The first-order valence-corrected chi connectivity index (χ1v) is 11.1. The summed E-state index contributed by atoms with van der Waals surface area (Å²) in [6.07, 6.45) is 25.2. The number of hydrogen-bond acceptors (Lipinski definition) is 1. The molecule has 0 bridgehead atoms. The molecule has 0 unspecified atom stereocenters. The average molecular weight is 378 g/mol. The molecule has 0 saturated heterocycles. The summed E-state index contributed by atoms with van der Waals surface area (Å²) < 4.78 is -0.126. The Morgan fingerprint density at radius 3 is 0.923 bits per heavy atom. The van der Waals surface area contributed by atoms with Crippen LogP contribution in [0.25, 0.3) is 0 Å². The molecule has 0 atom stereocenters. The summed E-state index contributed by atoms with van der Waals surface area (Å²) in [5.41, 5.74) is 0. The number of quaternary nitrogens is 1. The van der Waals surface area contributed by atoms with Crippen molar-refractivity contribution in [2.75, 3.05) is 20.6 Å². The van der Waals surface area contributed by atoms with Crippen molar-refractivity contribution in [2.24, 2.45) is 0 Å². The number of rotatable bonds is 19. The zero-order valence-electron chi connectivity index (χ0n) is 18.3. The van der Waals surface area contributed by atoms with Crippen molar-refractivity contribution in [3.05, 3.63) is 5.21 Å². The summed E-state index contributed by atoms with van der Waals surface area (Å²) in [5, 5.41) is 11.4. The van der Waals surface area contributed by atoms with E-state index in [1.165, 1.54) is 109 Å². The Hall–Kier alpha value is -0.160. The van der Waals surface area contributed by atoms with Gasteiger partial charge in [-0.2, -0.15) is 0 Å². The van der Waals surface area contributed by atoms with Crippen LogP contribution in [0.5, 0.6) is 0 Å². The molecule has 0 rings (SSSR count). The summed E-state index contributed by atoms with van der Waals surface area (Å²) in [7, 11) is 3.49. The summed E-state index contributed by atoms with van der Waals surface area (Å²) >= 11 is 0. The van der Waals surface area contributed by atoms with E-state index in [1.54, 1.807) is 14.1 Å². The van der Waals surface area contributed by atoms with Gasteiger partial charge in [0.2, 0.25) is 0 Å². The van der Waals surface area contributed by atoms with Crippen molar-refractivity contribution in [1.82, 2.24) is 0 Å². The molecule has 0 aliphatic rings. The molecule has 0 radical (unpaired) electrons. The van der Waals surface area contributed by atoms with Crippen LogP contribution in [0.4, 0.5) is 0 Å². The van der Waals surface area contributed by atoms with E-state index in [0.717, 1.165) is 13.0 Å². The van der Waals surface area contributed by atoms with Crippen LogP contribution in [0.3, 0.4) is 0 Å². The third-order valence-electron chi connectivity index (χ3n) is 5.05. The second kappa shape index (κ2) is 22.9. The molecule has 0 aromatic carbocycles. The van der Waals surface area contributed by atoms with Crippen molar-refractivity contribution in [3.8, 4) is 0 Å². The monoisotopic (exact) mass is 377 g/mol. The fourth-order valence-electron chi connectivity index (χ4n) is 3.39. The first kappa shape index (κ1) is 30.6. The Kier molecular flexibility index (Phi) is 26.9. The second-order valence-electron chi connectivity index (χ2n) is 8.31. The van der Waals surface area contributed by atoms with Gasteiger partial charge in [0, 0.05) is 0 Å². The van der Waals surface area contributed by atoms with Crippen LogP contribution in [-0.4, -0.2) is 36.2 Å². The predicted molar refractivity (Wildman–Crippen MR) is 116 cm³/mol. The molecular weight excluding hydrogens is 326 g/mol. The maximum atomic E-state index is 11.4. The molecular formula is C22H51NO3. The quantitative estimate of drug-likeness (QED) is 0.155. The van der Waals surface area contributed by atoms with Gasteiger partial charge in [-0.25, -0.2) is 0 Å². The van der Waals surface area contributed by atoms with E-state index in [2.05, 4.69) is 6.92 Å². The minimum Gasteiger partial charge on any atom is -0.633 e. The lowest BCUT2D eigenvalue weighted by atomic mass is 10.0. The molecule has 0 amide bonds. The van der Waals surface area contributed by atoms with Crippen molar-refractivity contribution in [3.63, 3.8) is 0 Å². The number of nitrogens with zero attached hydrogens (tertiary/aromatic N) is 1. The van der Waals surface area contributed by atoms with Gasteiger partial charge in [0.05, 0.1) is 20.6 Å². The van der Waals surface area contributed by atoms with Gasteiger partial charge in [-0.1, -0.05) is 110 Å². The lowest BCUT2D eigenvalue weighted by Gasteiger charge is -2.33. The molecule has 162 valence electrons. The highest BCUT2D eigenvalue weighted by molar-refractivity contribution is 4.50. The second-order valence-corrected chi connectivity index (χ2v) is 8.31. The predicted octanol–water partition coefficient (Wildman–Crippen LogP) is 5.95. The van der Waals surface area contributed by atoms with Crippen LogP contribution in [0.2, 0.25) is 0 Å². The van der Waals surface area contributed by atoms with Crippen LogP contribution in [0.1, 0.15) is 122 Å². The first-order valence-electron chi connectivity index (χ1n) is 11.1. The smallest absolute Gasteiger partial charge is 0.0779 e. The van der Waals surface area contributed by atoms with Crippen LogP contribution in [-0.2, 0) is 0 Å². The lowest BCUT2D eigenvalue weighted by molar-refractivity contribution is -0.840. The van der Waals surface area contributed by atoms with E-state index in [-0.39, 0.29) is 15.6 Å². The van der Waals surface area contributed by atoms with Gasteiger partial charge >= 0.3 is 0 Å². The Bertz CT molecular complexity index is 242. The minimum atomic E-state index is -0.126. The van der Waals surface area contributed by atoms with E-state index >= 15 is 0 Å². The largest absolute Gasteiger partial charge is 0.633 e. The zero-order chi connectivity index (χ0) is 17.9. The summed E-state index contributed by atoms with van der Waals surface area (Å²) in [5.74, 6) is 0. The van der Waals surface area contributed by atoms with Gasteiger partial charge in [-0.3, -0.25) is 0 Å². The number of unbranched alkanes of at least 4 members (excludes halogenated alkanes) is 17. The fraction of sp³-hybridized carbons (Fsp3) is 1.00. The maximum absolute atomic E-state index is 11.4. The Morgan fingerprint density at radius 1 is 0.462 bits per heavy atom. The highest BCUT2D eigenvalue weighted by Crippen LogP contribution is 2.14. The zero-order valence-corrected chi connectivity index (χ0v) is 18.3. The molecule has 4 N–H and O–H groups in total. The third-order valence-corrected chi connectivity index (χ3v) is 5.05. The van der Waals surface area contributed by atoms with Crippen LogP contribution in [0.15, 0.2) is 0 Å². The normalized spacial score (nSPS) is 11.1. The molecule has 0 spiro atoms. The first-order chi connectivity index (χ1) is 11.6. The molecule has 0 saturated carbocycles. The topological polar surface area (TPSA) is 86.1 Å². The summed E-state index contributed by atoms with van der Waals surface area (Å²) in [6.45, 7) is 3.07. The van der Waals surface area contributed by atoms with Gasteiger partial charge in [-0.05, 0) is 12.8 Å². The summed E-state index contributed by atoms with van der Waals surface area (Å²) in [4.78, 5) is 0. The lowest BCUT2D eigenvalue weighted by Crippen LogP contribution is -2.32. The van der Waals surface area contributed by atoms with Crippen LogP contribution >= 0.6 is 0 Å². The molecule has 0 aliphatic carbocycles. The molecule has 0 aliphatic heterocycles. The molecule has 0 heterocycles. The maximum Gasteiger partial charge on any atom is 0.0779 e. The Morgan fingerprint density at radius 2 is 0.692 bits per heavy atom. The molecule has 26 heavy (non-hydrogen) atoms. The van der Waals surface area contributed by atoms with Crippen molar-refractivity contribution < 1.29 is 15.6 Å². The van der Waals surface area contributed by atoms with Crippen LogP contribution in [0, 0.1) is 5.21 Å². The van der Waals surface area contributed by atoms with E-state index in [4.69, 9.17) is 0 Å². The Balaban J connectivity index is -0.00000264. The van der Waals surface area contributed by atoms with Gasteiger partial charge in [0.15, 0.2) is 0 Å². The highest BCUT2D eigenvalue weighted by Gasteiger charge is 2.00. The van der Waals surface area contributed by atoms with E-state index in [0.29, 0.717) is 0 Å². The minimum absolute atomic E-state index is 0. The molecule has 4 heteroatoms. The van der Waals surface area contributed by atoms with E-state index in [1.807, 2.05) is 0 Å². The third kappa shape index (κ3) is 28.6. The Labute approximate surface area is 164 Å². The van der Waals surface area contributed by atoms with Crippen molar-refractivity contribution in [2.45, 2.75) is 122 Å². The highest BCUT2D eigenvalue weighted by atomic mass is 16.5. The standard InChI is InChI=1S/C22H47NO.2H2O/c1-4-5-6-7-8-9-10-11-12-13-14-15-16-17-18-19-20-21-22-23(2,3)24;;/h4-22H2,1-3H3;2*1H2. The van der Waals surface area contributed by atoms with Crippen molar-refractivity contribution in [1.29, 1.82) is 0 Å². The van der Waals surface area contributed by atoms with E-state index in [9.17, 15) is 5.21 Å². The number of hydrogen-bond donors (Lipinski definition) is 0. The van der Waals surface area contributed by atoms with Crippen LogP contribution < -0.4 is 0 Å². The number of hydroxylamine groups is 3.